The second-order valence-electron chi connectivity index (χ2n) is 5.42. The fraction of sp³-hybridized carbons (Fsp3) is 0.222. The highest BCUT2D eigenvalue weighted by molar-refractivity contribution is 6.35. The van der Waals surface area contributed by atoms with Gasteiger partial charge in [-0.05, 0) is 41.8 Å². The molecular formula is C18H17Cl2FN2O2. The molecule has 0 unspecified atom stereocenters. The van der Waals surface area contributed by atoms with Gasteiger partial charge in [-0.25, -0.2) is 4.39 Å². The number of benzene rings is 2. The molecule has 2 aromatic rings. The molecule has 0 spiro atoms. The molecule has 25 heavy (non-hydrogen) atoms. The molecule has 0 saturated carbocycles. The minimum absolute atomic E-state index is 0.0912. The maximum Gasteiger partial charge on any atom is 0.239 e. The van der Waals surface area contributed by atoms with E-state index in [1.54, 1.807) is 18.2 Å². The lowest BCUT2D eigenvalue weighted by atomic mass is 10.1. The fourth-order valence-electron chi connectivity index (χ4n) is 2.15. The van der Waals surface area contributed by atoms with Crippen LogP contribution in [0.4, 0.5) is 4.39 Å². The molecule has 132 valence electrons. The predicted octanol–water partition coefficient (Wildman–Crippen LogP) is 3.15. The highest BCUT2D eigenvalue weighted by Crippen LogP contribution is 2.20. The van der Waals surface area contributed by atoms with Gasteiger partial charge >= 0.3 is 0 Å². The van der Waals surface area contributed by atoms with Crippen LogP contribution < -0.4 is 10.6 Å². The minimum atomic E-state index is -0.357. The van der Waals surface area contributed by atoms with Crippen LogP contribution in [0.3, 0.4) is 0 Å². The van der Waals surface area contributed by atoms with Crippen molar-refractivity contribution < 1.29 is 14.0 Å². The minimum Gasteiger partial charge on any atom is -0.354 e. The summed E-state index contributed by atoms with van der Waals surface area (Å²) in [7, 11) is 0. The van der Waals surface area contributed by atoms with Crippen LogP contribution in [0, 0.1) is 5.82 Å². The number of halogens is 3. The lowest BCUT2D eigenvalue weighted by Gasteiger charge is -2.08. The van der Waals surface area contributed by atoms with Gasteiger partial charge in [0.2, 0.25) is 11.8 Å². The van der Waals surface area contributed by atoms with Crippen molar-refractivity contribution in [3.05, 3.63) is 69.5 Å². The number of hydrogen-bond donors (Lipinski definition) is 2. The van der Waals surface area contributed by atoms with Crippen LogP contribution in [0.2, 0.25) is 10.0 Å². The molecule has 0 heterocycles. The SMILES string of the molecule is O=C(CNC(=O)Cc1ccc(F)cc1)NCCc1ccc(Cl)cc1Cl. The Labute approximate surface area is 155 Å². The van der Waals surface area contributed by atoms with E-state index in [9.17, 15) is 14.0 Å². The maximum absolute atomic E-state index is 12.8. The van der Waals surface area contributed by atoms with E-state index in [1.807, 2.05) is 0 Å². The van der Waals surface area contributed by atoms with Crippen molar-refractivity contribution >= 4 is 35.0 Å². The number of carbonyl (C=O) groups is 2. The van der Waals surface area contributed by atoms with Crippen LogP contribution in [-0.2, 0) is 22.4 Å². The van der Waals surface area contributed by atoms with Gasteiger partial charge in [0.05, 0.1) is 13.0 Å². The van der Waals surface area contributed by atoms with E-state index < -0.39 is 0 Å². The summed E-state index contributed by atoms with van der Waals surface area (Å²) in [5, 5.41) is 6.34. The monoisotopic (exact) mass is 382 g/mol. The van der Waals surface area contributed by atoms with E-state index in [-0.39, 0.29) is 30.6 Å². The fourth-order valence-corrected chi connectivity index (χ4v) is 2.66. The number of carbonyl (C=O) groups excluding carboxylic acids is 2. The second kappa shape index (κ2) is 9.39. The van der Waals surface area contributed by atoms with Crippen molar-refractivity contribution in [1.82, 2.24) is 10.6 Å². The summed E-state index contributed by atoms with van der Waals surface area (Å²) in [5.41, 5.74) is 1.56. The van der Waals surface area contributed by atoms with Crippen LogP contribution >= 0.6 is 23.2 Å². The van der Waals surface area contributed by atoms with E-state index in [2.05, 4.69) is 10.6 Å². The molecule has 0 radical (unpaired) electrons. The smallest absolute Gasteiger partial charge is 0.239 e. The predicted molar refractivity (Wildman–Crippen MR) is 96.3 cm³/mol. The van der Waals surface area contributed by atoms with E-state index in [0.717, 1.165) is 5.56 Å². The molecule has 2 aromatic carbocycles. The van der Waals surface area contributed by atoms with Gasteiger partial charge in [-0.2, -0.15) is 0 Å². The van der Waals surface area contributed by atoms with Gasteiger partial charge in [-0.1, -0.05) is 41.4 Å². The summed E-state index contributed by atoms with van der Waals surface area (Å²) in [6.07, 6.45) is 0.652. The Kier molecular flexibility index (Phi) is 7.22. The van der Waals surface area contributed by atoms with Crippen LogP contribution in [0.5, 0.6) is 0 Å². The Morgan fingerprint density at radius 3 is 2.36 bits per heavy atom. The first kappa shape index (κ1) is 19.2. The third-order valence-corrected chi connectivity index (χ3v) is 4.04. The van der Waals surface area contributed by atoms with Gasteiger partial charge in [-0.15, -0.1) is 0 Å². The first-order valence-corrected chi connectivity index (χ1v) is 8.41. The van der Waals surface area contributed by atoms with E-state index in [4.69, 9.17) is 23.2 Å². The Hall–Kier alpha value is -2.11. The molecule has 7 heteroatoms. The molecule has 2 rings (SSSR count). The standard InChI is InChI=1S/C18H17Cl2FN2O2/c19-14-4-3-13(16(20)10-14)7-8-22-18(25)11-23-17(24)9-12-1-5-15(21)6-2-12/h1-6,10H,7-9,11H2,(H,22,25)(H,23,24). The number of nitrogens with one attached hydrogen (secondary N) is 2. The third-order valence-electron chi connectivity index (χ3n) is 3.46. The van der Waals surface area contributed by atoms with Gasteiger partial charge in [0, 0.05) is 16.6 Å². The lowest BCUT2D eigenvalue weighted by molar-refractivity contribution is -0.125. The molecule has 0 fully saturated rings. The zero-order chi connectivity index (χ0) is 18.2. The molecule has 0 atom stereocenters. The van der Waals surface area contributed by atoms with Crippen LogP contribution in [0.15, 0.2) is 42.5 Å². The largest absolute Gasteiger partial charge is 0.354 e. The van der Waals surface area contributed by atoms with E-state index in [1.165, 1.54) is 24.3 Å². The van der Waals surface area contributed by atoms with Crippen molar-refractivity contribution in [2.24, 2.45) is 0 Å². The second-order valence-corrected chi connectivity index (χ2v) is 6.26. The Balaban J connectivity index is 1.68. The number of rotatable bonds is 7. The van der Waals surface area contributed by atoms with Crippen molar-refractivity contribution in [3.63, 3.8) is 0 Å². The summed E-state index contributed by atoms with van der Waals surface area (Å²) in [6.45, 7) is 0.280. The van der Waals surface area contributed by atoms with Crippen LogP contribution in [0.1, 0.15) is 11.1 Å². The molecule has 0 bridgehead atoms. The summed E-state index contributed by atoms with van der Waals surface area (Å²) < 4.78 is 12.8. The van der Waals surface area contributed by atoms with Gasteiger partial charge in [0.25, 0.3) is 0 Å². The molecule has 0 aliphatic heterocycles. The Morgan fingerprint density at radius 1 is 0.960 bits per heavy atom. The van der Waals surface area contributed by atoms with Crippen molar-refractivity contribution in [3.8, 4) is 0 Å². The third kappa shape index (κ3) is 6.72. The number of hydrogen-bond acceptors (Lipinski definition) is 2. The summed E-state index contributed by atoms with van der Waals surface area (Å²) >= 11 is 11.9. The normalized spacial score (nSPS) is 10.4. The van der Waals surface area contributed by atoms with Crippen molar-refractivity contribution in [2.45, 2.75) is 12.8 Å². The van der Waals surface area contributed by atoms with Crippen LogP contribution in [0.25, 0.3) is 0 Å². The Bertz CT molecular complexity index is 751. The number of amides is 2. The molecule has 0 aliphatic carbocycles. The first-order valence-electron chi connectivity index (χ1n) is 7.66. The van der Waals surface area contributed by atoms with Gasteiger partial charge < -0.3 is 10.6 Å². The van der Waals surface area contributed by atoms with Crippen molar-refractivity contribution in [1.29, 1.82) is 0 Å². The molecule has 2 N–H and O–H groups in total. The molecular weight excluding hydrogens is 366 g/mol. The lowest BCUT2D eigenvalue weighted by Crippen LogP contribution is -2.38. The first-order chi connectivity index (χ1) is 11.9. The highest BCUT2D eigenvalue weighted by Gasteiger charge is 2.07. The summed E-state index contributed by atoms with van der Waals surface area (Å²) in [4.78, 5) is 23.5. The molecule has 0 saturated heterocycles. The summed E-state index contributed by atoms with van der Waals surface area (Å²) in [5.74, 6) is -0.954. The Morgan fingerprint density at radius 2 is 1.68 bits per heavy atom. The van der Waals surface area contributed by atoms with Gasteiger partial charge in [0.15, 0.2) is 0 Å². The average molecular weight is 383 g/mol. The molecule has 0 aromatic heterocycles. The van der Waals surface area contributed by atoms with E-state index in [0.29, 0.717) is 28.6 Å². The topological polar surface area (TPSA) is 58.2 Å². The molecule has 0 aliphatic rings. The van der Waals surface area contributed by atoms with Crippen molar-refractivity contribution in [2.75, 3.05) is 13.1 Å². The highest BCUT2D eigenvalue weighted by atomic mass is 35.5. The van der Waals surface area contributed by atoms with Gasteiger partial charge in [-0.3, -0.25) is 9.59 Å². The molecule has 4 nitrogen and oxygen atoms in total. The zero-order valence-corrected chi connectivity index (χ0v) is 14.8. The zero-order valence-electron chi connectivity index (χ0n) is 13.3. The average Bonchev–Trinajstić information content (AvgIpc) is 2.57. The molecule has 2 amide bonds. The maximum atomic E-state index is 12.8. The van der Waals surface area contributed by atoms with Gasteiger partial charge in [0.1, 0.15) is 5.82 Å². The van der Waals surface area contributed by atoms with E-state index >= 15 is 0 Å². The quantitative estimate of drug-likeness (QED) is 0.772. The van der Waals surface area contributed by atoms with Crippen LogP contribution in [-0.4, -0.2) is 24.9 Å². The summed E-state index contributed by atoms with van der Waals surface area (Å²) in [6, 6.07) is 10.8.